The van der Waals surface area contributed by atoms with Crippen molar-refractivity contribution in [1.82, 2.24) is 10.9 Å². The molecule has 0 aliphatic rings. The minimum atomic E-state index is -0.499. The lowest BCUT2D eigenvalue weighted by atomic mass is 10.1. The van der Waals surface area contributed by atoms with E-state index in [-0.39, 0.29) is 17.8 Å². The molecule has 0 saturated heterocycles. The van der Waals surface area contributed by atoms with Gasteiger partial charge in [-0.3, -0.25) is 15.0 Å². The van der Waals surface area contributed by atoms with Gasteiger partial charge in [-0.2, -0.15) is 0 Å². The number of ether oxygens (including phenoxy) is 1. The first-order valence-electron chi connectivity index (χ1n) is 5.67. The summed E-state index contributed by atoms with van der Waals surface area (Å²) in [6, 6.07) is -0.499. The highest BCUT2D eigenvalue weighted by Crippen LogP contribution is 2.03. The maximum Gasteiger partial charge on any atom is 0.325 e. The lowest BCUT2D eigenvalue weighted by Gasteiger charge is -2.20. The number of amides is 1. The van der Waals surface area contributed by atoms with Crippen LogP contribution in [0.5, 0.6) is 0 Å². The van der Waals surface area contributed by atoms with Crippen LogP contribution in [0.3, 0.4) is 0 Å². The minimum absolute atomic E-state index is 0.0565. The zero-order valence-electron chi connectivity index (χ0n) is 10.5. The van der Waals surface area contributed by atoms with Crippen molar-refractivity contribution < 1.29 is 14.3 Å². The van der Waals surface area contributed by atoms with Crippen molar-refractivity contribution in [3.63, 3.8) is 0 Å². The third kappa shape index (κ3) is 6.40. The van der Waals surface area contributed by atoms with Crippen LogP contribution in [-0.4, -0.2) is 24.5 Å². The first kappa shape index (κ1) is 14.9. The van der Waals surface area contributed by atoms with E-state index in [1.165, 1.54) is 6.92 Å². The number of carbonyl (C=O) groups is 2. The molecule has 0 aromatic rings. The fourth-order valence-electron chi connectivity index (χ4n) is 1.08. The van der Waals surface area contributed by atoms with Crippen LogP contribution in [0.25, 0.3) is 0 Å². The summed E-state index contributed by atoms with van der Waals surface area (Å²) in [6.07, 6.45) is 1.84. The van der Waals surface area contributed by atoms with Crippen LogP contribution in [0.1, 0.15) is 40.5 Å². The van der Waals surface area contributed by atoms with Crippen LogP contribution in [0.4, 0.5) is 0 Å². The number of hydrazine groups is 1. The molecule has 0 fully saturated rings. The Morgan fingerprint density at radius 1 is 1.31 bits per heavy atom. The molecule has 0 aromatic carbocycles. The van der Waals surface area contributed by atoms with Crippen molar-refractivity contribution >= 4 is 11.9 Å². The van der Waals surface area contributed by atoms with Crippen LogP contribution in [0, 0.1) is 5.92 Å². The molecule has 94 valence electrons. The predicted octanol–water partition coefficient (Wildman–Crippen LogP) is 0.995. The largest absolute Gasteiger partial charge is 0.464 e. The minimum Gasteiger partial charge on any atom is -0.464 e. The monoisotopic (exact) mass is 230 g/mol. The second kappa shape index (κ2) is 8.10. The molecule has 1 amide bonds. The van der Waals surface area contributed by atoms with Crippen LogP contribution in [-0.2, 0) is 14.3 Å². The van der Waals surface area contributed by atoms with Gasteiger partial charge in [-0.15, -0.1) is 0 Å². The molecule has 5 nitrogen and oxygen atoms in total. The molecule has 0 spiro atoms. The molecule has 16 heavy (non-hydrogen) atoms. The van der Waals surface area contributed by atoms with Crippen molar-refractivity contribution in [2.75, 3.05) is 6.61 Å². The number of rotatable bonds is 7. The molecule has 0 unspecified atom stereocenters. The molecule has 0 aromatic heterocycles. The summed E-state index contributed by atoms with van der Waals surface area (Å²) in [5.41, 5.74) is 5.08. The normalized spacial score (nSPS) is 12.3. The van der Waals surface area contributed by atoms with Crippen molar-refractivity contribution in [2.24, 2.45) is 5.92 Å². The van der Waals surface area contributed by atoms with E-state index in [0.717, 1.165) is 12.8 Å². The van der Waals surface area contributed by atoms with Gasteiger partial charge in [0.25, 0.3) is 0 Å². The quantitative estimate of drug-likeness (QED) is 0.389. The van der Waals surface area contributed by atoms with Gasteiger partial charge in [0.15, 0.2) is 0 Å². The van der Waals surface area contributed by atoms with E-state index < -0.39 is 6.04 Å². The molecule has 0 saturated carbocycles. The highest BCUT2D eigenvalue weighted by molar-refractivity contribution is 5.77. The zero-order valence-corrected chi connectivity index (χ0v) is 10.5. The van der Waals surface area contributed by atoms with E-state index in [9.17, 15) is 9.59 Å². The van der Waals surface area contributed by atoms with Crippen LogP contribution < -0.4 is 10.9 Å². The fourth-order valence-corrected chi connectivity index (χ4v) is 1.08. The van der Waals surface area contributed by atoms with Gasteiger partial charge in [0.1, 0.15) is 6.04 Å². The summed E-state index contributed by atoms with van der Waals surface area (Å²) in [4.78, 5) is 22.4. The summed E-state index contributed by atoms with van der Waals surface area (Å²) >= 11 is 0. The maximum absolute atomic E-state index is 11.6. The van der Waals surface area contributed by atoms with Gasteiger partial charge in [-0.05, 0) is 12.3 Å². The van der Waals surface area contributed by atoms with E-state index in [0.29, 0.717) is 6.61 Å². The lowest BCUT2D eigenvalue weighted by Crippen LogP contribution is -2.50. The third-order valence-electron chi connectivity index (χ3n) is 2.07. The molecule has 0 aliphatic carbocycles. The molecule has 0 heterocycles. The van der Waals surface area contributed by atoms with Crippen LogP contribution in [0.2, 0.25) is 0 Å². The molecule has 0 radical (unpaired) electrons. The molecule has 2 N–H and O–H groups in total. The van der Waals surface area contributed by atoms with Gasteiger partial charge in [-0.1, -0.05) is 27.2 Å². The summed E-state index contributed by atoms with van der Waals surface area (Å²) in [7, 11) is 0. The Balaban J connectivity index is 4.08. The van der Waals surface area contributed by atoms with E-state index in [2.05, 4.69) is 10.9 Å². The maximum atomic E-state index is 11.6. The van der Waals surface area contributed by atoms with Gasteiger partial charge < -0.3 is 4.74 Å². The number of unbranched alkanes of at least 4 members (excludes halogenated alkanes) is 1. The molecule has 1 atom stereocenters. The van der Waals surface area contributed by atoms with E-state index >= 15 is 0 Å². The number of esters is 1. The smallest absolute Gasteiger partial charge is 0.325 e. The van der Waals surface area contributed by atoms with E-state index in [1.807, 2.05) is 20.8 Å². The standard InChI is InChI=1S/C11H22N2O3/c1-5-6-7-16-11(15)10(8(2)3)13-12-9(4)14/h8,10,13H,5-7H2,1-4H3,(H,12,14)/t10-/m0/s1. The van der Waals surface area contributed by atoms with E-state index in [4.69, 9.17) is 4.74 Å². The third-order valence-corrected chi connectivity index (χ3v) is 2.07. The van der Waals surface area contributed by atoms with Gasteiger partial charge in [0, 0.05) is 6.92 Å². The summed E-state index contributed by atoms with van der Waals surface area (Å²) < 4.78 is 5.09. The van der Waals surface area contributed by atoms with Gasteiger partial charge in [0.05, 0.1) is 6.61 Å². The van der Waals surface area contributed by atoms with Crippen LogP contribution in [0.15, 0.2) is 0 Å². The molecular weight excluding hydrogens is 208 g/mol. The second-order valence-electron chi connectivity index (χ2n) is 4.07. The zero-order chi connectivity index (χ0) is 12.6. The average Bonchev–Trinajstić information content (AvgIpc) is 2.17. The highest BCUT2D eigenvalue weighted by Gasteiger charge is 2.23. The fraction of sp³-hybridized carbons (Fsp3) is 0.818. The topological polar surface area (TPSA) is 67.4 Å². The number of nitrogens with one attached hydrogen (secondary N) is 2. The van der Waals surface area contributed by atoms with Crippen LogP contribution >= 0.6 is 0 Å². The lowest BCUT2D eigenvalue weighted by molar-refractivity contribution is -0.148. The molecule has 0 bridgehead atoms. The SMILES string of the molecule is CCCCOC(=O)[C@@H](NNC(C)=O)C(C)C. The van der Waals surface area contributed by atoms with E-state index in [1.54, 1.807) is 0 Å². The Morgan fingerprint density at radius 3 is 2.38 bits per heavy atom. The number of hydrogen-bond acceptors (Lipinski definition) is 4. The van der Waals surface area contributed by atoms with Crippen molar-refractivity contribution in [1.29, 1.82) is 0 Å². The Bertz CT molecular complexity index is 229. The molecule has 0 rings (SSSR count). The Morgan fingerprint density at radius 2 is 1.94 bits per heavy atom. The van der Waals surface area contributed by atoms with Crippen molar-refractivity contribution in [3.8, 4) is 0 Å². The number of hydrogen-bond donors (Lipinski definition) is 2. The average molecular weight is 230 g/mol. The predicted molar refractivity (Wildman–Crippen MR) is 61.4 cm³/mol. The first-order chi connectivity index (χ1) is 7.49. The summed E-state index contributed by atoms with van der Waals surface area (Å²) in [5, 5.41) is 0. The molecule has 5 heteroatoms. The second-order valence-corrected chi connectivity index (χ2v) is 4.07. The summed E-state index contributed by atoms with van der Waals surface area (Å²) in [5.74, 6) is -0.495. The van der Waals surface area contributed by atoms with Crippen molar-refractivity contribution in [2.45, 2.75) is 46.6 Å². The molecular formula is C11H22N2O3. The van der Waals surface area contributed by atoms with Gasteiger partial charge >= 0.3 is 5.97 Å². The Kier molecular flexibility index (Phi) is 7.54. The first-order valence-corrected chi connectivity index (χ1v) is 5.67. The summed E-state index contributed by atoms with van der Waals surface area (Å²) in [6.45, 7) is 7.62. The van der Waals surface area contributed by atoms with Gasteiger partial charge in [-0.25, -0.2) is 5.43 Å². The van der Waals surface area contributed by atoms with Crippen molar-refractivity contribution in [3.05, 3.63) is 0 Å². The highest BCUT2D eigenvalue weighted by atomic mass is 16.5. The van der Waals surface area contributed by atoms with Gasteiger partial charge in [0.2, 0.25) is 5.91 Å². The Hall–Kier alpha value is -1.10. The number of carbonyl (C=O) groups excluding carboxylic acids is 2. The molecule has 0 aliphatic heterocycles. The Labute approximate surface area is 96.9 Å².